The lowest BCUT2D eigenvalue weighted by Gasteiger charge is -2.30. The summed E-state index contributed by atoms with van der Waals surface area (Å²) in [6.07, 6.45) is 14.8. The summed E-state index contributed by atoms with van der Waals surface area (Å²) in [7, 11) is 2.76. The van der Waals surface area contributed by atoms with Gasteiger partial charge in [-0.1, -0.05) is 37.3 Å². The molecule has 5 aromatic rings. The van der Waals surface area contributed by atoms with E-state index < -0.39 is 18.2 Å². The van der Waals surface area contributed by atoms with Crippen molar-refractivity contribution in [1.82, 2.24) is 45.4 Å². The van der Waals surface area contributed by atoms with Crippen LogP contribution in [0.2, 0.25) is 0 Å². The van der Waals surface area contributed by atoms with Gasteiger partial charge >= 0.3 is 6.09 Å². The van der Waals surface area contributed by atoms with Crippen LogP contribution < -0.4 is 10.6 Å². The number of methoxy groups -OCH3 is 2. The van der Waals surface area contributed by atoms with Crippen molar-refractivity contribution >= 4 is 17.9 Å². The van der Waals surface area contributed by atoms with E-state index in [2.05, 4.69) is 47.5 Å². The second kappa shape index (κ2) is 17.9. The van der Waals surface area contributed by atoms with Crippen LogP contribution in [-0.2, 0) is 25.6 Å². The van der Waals surface area contributed by atoms with E-state index in [4.69, 9.17) is 9.47 Å². The average molecular weight is 774 g/mol. The van der Waals surface area contributed by atoms with Crippen molar-refractivity contribution in [3.8, 4) is 33.8 Å². The van der Waals surface area contributed by atoms with Crippen LogP contribution in [0.1, 0.15) is 63.4 Å². The summed E-state index contributed by atoms with van der Waals surface area (Å²) in [4.78, 5) is 63.2. The smallest absolute Gasteiger partial charge is 0.407 e. The zero-order valence-electron chi connectivity index (χ0n) is 32.9. The van der Waals surface area contributed by atoms with Gasteiger partial charge in [0.05, 0.1) is 55.1 Å². The molecule has 14 nitrogen and oxygen atoms in total. The molecule has 0 spiro atoms. The third-order valence-corrected chi connectivity index (χ3v) is 11.9. The number of amides is 3. The van der Waals surface area contributed by atoms with Crippen LogP contribution in [-0.4, -0.2) is 85.6 Å². The van der Waals surface area contributed by atoms with Crippen molar-refractivity contribution in [2.45, 2.75) is 70.7 Å². The minimum Gasteiger partial charge on any atom is -0.453 e. The van der Waals surface area contributed by atoms with Crippen molar-refractivity contribution in [3.63, 3.8) is 0 Å². The quantitative estimate of drug-likeness (QED) is 0.119. The largest absolute Gasteiger partial charge is 0.453 e. The maximum Gasteiger partial charge on any atom is 0.407 e. The van der Waals surface area contributed by atoms with Gasteiger partial charge in [-0.25, -0.2) is 14.8 Å². The number of pyridine rings is 2. The number of fused-ring (bicyclic) bond motifs is 2. The van der Waals surface area contributed by atoms with Gasteiger partial charge in [-0.3, -0.25) is 19.6 Å². The van der Waals surface area contributed by atoms with Gasteiger partial charge in [0.1, 0.15) is 11.9 Å². The third kappa shape index (κ3) is 8.91. The minimum absolute atomic E-state index is 0.236. The first-order valence-corrected chi connectivity index (χ1v) is 19.7. The fourth-order valence-corrected chi connectivity index (χ4v) is 8.65. The highest BCUT2D eigenvalue weighted by molar-refractivity contribution is 5.87. The first-order valence-electron chi connectivity index (χ1n) is 19.7. The van der Waals surface area contributed by atoms with E-state index in [0.717, 1.165) is 58.1 Å². The molecule has 6 unspecified atom stereocenters. The fraction of sp³-hybridized carbons (Fsp3) is 0.419. The maximum atomic E-state index is 13.4. The van der Waals surface area contributed by atoms with Gasteiger partial charge in [-0.2, -0.15) is 0 Å². The number of rotatable bonds is 11. The van der Waals surface area contributed by atoms with Crippen LogP contribution in [0.5, 0.6) is 0 Å². The molecule has 8 rings (SSSR count). The van der Waals surface area contributed by atoms with E-state index in [1.807, 2.05) is 60.9 Å². The molecule has 57 heavy (non-hydrogen) atoms. The van der Waals surface area contributed by atoms with Crippen molar-refractivity contribution in [3.05, 3.63) is 97.2 Å². The zero-order valence-corrected chi connectivity index (χ0v) is 32.9. The van der Waals surface area contributed by atoms with Gasteiger partial charge in [-0.15, -0.1) is 0 Å². The van der Waals surface area contributed by atoms with Crippen LogP contribution in [0.4, 0.5) is 4.79 Å². The molecular formula is C43H51N9O5. The summed E-state index contributed by atoms with van der Waals surface area (Å²) in [6, 6.07) is 14.9. The molecule has 1 aliphatic heterocycles. The Balaban J connectivity index is 0.000000229. The molecule has 2 bridgehead atoms. The molecule has 14 heteroatoms. The average Bonchev–Trinajstić information content (AvgIpc) is 4.11. The van der Waals surface area contributed by atoms with Crippen LogP contribution >= 0.6 is 0 Å². The van der Waals surface area contributed by atoms with E-state index >= 15 is 0 Å². The summed E-state index contributed by atoms with van der Waals surface area (Å²) >= 11 is 0. The second-order valence-corrected chi connectivity index (χ2v) is 15.2. The SMILES string of the molecule is CC1C2CCC(C2)[C@H]1C(=O)NCc1cccnc1.COC(=O)NC(C(=O)N1CCCC1c1ncc(-c2ccc(-c3ccc(-c4cnc[nH]4)cc3)nc2)[nH]1)C(C)OC. The van der Waals surface area contributed by atoms with Gasteiger partial charge in [0.2, 0.25) is 11.8 Å². The zero-order chi connectivity index (χ0) is 39.9. The molecule has 3 fully saturated rings. The summed E-state index contributed by atoms with van der Waals surface area (Å²) < 4.78 is 10.1. The number of hydrogen-bond donors (Lipinski definition) is 4. The first kappa shape index (κ1) is 39.3. The minimum atomic E-state index is -0.872. The molecule has 0 radical (unpaired) electrons. The Morgan fingerprint density at radius 3 is 2.35 bits per heavy atom. The van der Waals surface area contributed by atoms with Gasteiger partial charge in [0.25, 0.3) is 0 Å². The van der Waals surface area contributed by atoms with Crippen LogP contribution in [0.15, 0.2) is 85.8 Å². The van der Waals surface area contributed by atoms with E-state index in [1.54, 1.807) is 36.7 Å². The number of imidazole rings is 2. The summed E-state index contributed by atoms with van der Waals surface area (Å²) in [6.45, 7) is 5.15. The maximum absolute atomic E-state index is 13.4. The second-order valence-electron chi connectivity index (χ2n) is 15.2. The molecule has 2 saturated carbocycles. The Labute approximate surface area is 332 Å². The molecule has 1 saturated heterocycles. The number of nitrogens with zero attached hydrogens (tertiary/aromatic N) is 5. The number of H-pyrrole nitrogens is 2. The molecule has 4 N–H and O–H groups in total. The van der Waals surface area contributed by atoms with Crippen molar-refractivity contribution < 1.29 is 23.9 Å². The lowest BCUT2D eigenvalue weighted by Crippen LogP contribution is -2.54. The molecule has 2 aliphatic carbocycles. The Kier molecular flexibility index (Phi) is 12.4. The monoisotopic (exact) mass is 773 g/mol. The number of ether oxygens (including phenoxy) is 2. The number of aromatic nitrogens is 6. The third-order valence-electron chi connectivity index (χ3n) is 11.9. The predicted molar refractivity (Wildman–Crippen MR) is 214 cm³/mol. The normalized spacial score (nSPS) is 22.0. The highest BCUT2D eigenvalue weighted by Gasteiger charge is 2.48. The summed E-state index contributed by atoms with van der Waals surface area (Å²) in [5, 5.41) is 5.68. The summed E-state index contributed by atoms with van der Waals surface area (Å²) in [5.74, 6) is 2.95. The van der Waals surface area contributed by atoms with Crippen molar-refractivity contribution in [2.24, 2.45) is 23.7 Å². The highest BCUT2D eigenvalue weighted by atomic mass is 16.5. The number of carbonyl (C=O) groups is 3. The van der Waals surface area contributed by atoms with E-state index in [-0.39, 0.29) is 23.8 Å². The number of nitrogens with one attached hydrogen (secondary N) is 4. The van der Waals surface area contributed by atoms with Crippen molar-refractivity contribution in [1.29, 1.82) is 0 Å². The first-order chi connectivity index (χ1) is 27.7. The van der Waals surface area contributed by atoms with Crippen LogP contribution in [0, 0.1) is 23.7 Å². The van der Waals surface area contributed by atoms with Gasteiger partial charge < -0.3 is 35.0 Å². The molecule has 4 aromatic heterocycles. The van der Waals surface area contributed by atoms with E-state index in [1.165, 1.54) is 33.5 Å². The predicted octanol–water partition coefficient (Wildman–Crippen LogP) is 6.33. The van der Waals surface area contributed by atoms with Gasteiger partial charge in [0.15, 0.2) is 0 Å². The standard InChI is InChI=1S/C28H31N7O4.C15H20N2O/c1-17(38-2)25(34-28(37)39-3)27(36)35-12-4-5-24(35)26-31-15-23(33-26)20-10-11-21(30-13-20)18-6-8-19(9-7-18)22-14-29-16-32-22;1-10-12-4-5-13(7-12)14(10)15(18)17-9-11-3-2-6-16-8-11/h6-11,13-17,24-25H,4-5,12H2,1-3H3,(H,29,32)(H,31,33)(H,34,37);2-3,6,8,10,12-14H,4-5,7,9H2,1H3,(H,17,18)/t;10?,12?,13?,14-/m.0/s1. The van der Waals surface area contributed by atoms with Crippen LogP contribution in [0.3, 0.4) is 0 Å². The molecule has 7 atom stereocenters. The topological polar surface area (TPSA) is 180 Å². The number of likely N-dealkylation sites (tertiary alicyclic amines) is 1. The Hall–Kier alpha value is -5.89. The van der Waals surface area contributed by atoms with Crippen LogP contribution in [0.25, 0.3) is 33.8 Å². The number of aromatic amines is 2. The lowest BCUT2D eigenvalue weighted by molar-refractivity contribution is -0.137. The molecule has 3 aliphatic rings. The van der Waals surface area contributed by atoms with E-state index in [9.17, 15) is 14.4 Å². The van der Waals surface area contributed by atoms with Crippen molar-refractivity contribution in [2.75, 3.05) is 20.8 Å². The Morgan fingerprint density at radius 1 is 0.895 bits per heavy atom. The Bertz CT molecular complexity index is 2090. The van der Waals surface area contributed by atoms with Gasteiger partial charge in [0, 0.05) is 55.8 Å². The number of benzene rings is 1. The molecule has 1 aromatic carbocycles. The fourth-order valence-electron chi connectivity index (χ4n) is 8.65. The van der Waals surface area contributed by atoms with Gasteiger partial charge in [-0.05, 0) is 86.1 Å². The Morgan fingerprint density at radius 2 is 1.68 bits per heavy atom. The molecule has 3 amide bonds. The number of carbonyl (C=O) groups excluding carboxylic acids is 3. The molecular weight excluding hydrogens is 723 g/mol. The lowest BCUT2D eigenvalue weighted by atomic mass is 9.80. The summed E-state index contributed by atoms with van der Waals surface area (Å²) in [5.41, 5.74) is 6.66. The number of hydrogen-bond acceptors (Lipinski definition) is 9. The van der Waals surface area contributed by atoms with E-state index in [0.29, 0.717) is 30.7 Å². The number of alkyl carbamates (subject to hydrolysis) is 1. The molecule has 5 heterocycles. The molecule has 298 valence electrons. The highest BCUT2D eigenvalue weighted by Crippen LogP contribution is 2.52.